The van der Waals surface area contributed by atoms with Crippen molar-refractivity contribution in [3.63, 3.8) is 0 Å². The van der Waals surface area contributed by atoms with Gasteiger partial charge in [0.2, 0.25) is 0 Å². The second-order valence-corrected chi connectivity index (χ2v) is 8.83. The van der Waals surface area contributed by atoms with E-state index in [4.69, 9.17) is 10.5 Å². The van der Waals surface area contributed by atoms with Gasteiger partial charge in [-0.2, -0.15) is 0 Å². The van der Waals surface area contributed by atoms with Gasteiger partial charge in [0.1, 0.15) is 5.84 Å². The molecule has 0 radical (unpaired) electrons. The number of fused-ring (bicyclic) bond motifs is 1. The van der Waals surface area contributed by atoms with E-state index in [1.807, 2.05) is 4.90 Å². The molecule has 10 nitrogen and oxygen atoms in total. The van der Waals surface area contributed by atoms with E-state index in [2.05, 4.69) is 10.3 Å². The van der Waals surface area contributed by atoms with Gasteiger partial charge >= 0.3 is 0 Å². The zero-order chi connectivity index (χ0) is 24.5. The summed E-state index contributed by atoms with van der Waals surface area (Å²) >= 11 is 0. The number of nitrogens with one attached hydrogen (secondary N) is 1. The number of morpholine rings is 1. The Labute approximate surface area is 202 Å². The Bertz CT molecular complexity index is 1190. The van der Waals surface area contributed by atoms with Crippen LogP contribution in [0.4, 0.5) is 11.4 Å². The Morgan fingerprint density at radius 1 is 1.11 bits per heavy atom. The van der Waals surface area contributed by atoms with Gasteiger partial charge in [0.25, 0.3) is 17.7 Å². The Morgan fingerprint density at radius 3 is 2.60 bits per heavy atom. The molecular weight excluding hydrogens is 450 g/mol. The summed E-state index contributed by atoms with van der Waals surface area (Å²) in [6.07, 6.45) is -1.02. The maximum atomic E-state index is 13.1. The molecule has 0 aromatic heterocycles. The summed E-state index contributed by atoms with van der Waals surface area (Å²) in [5, 5.41) is 13.3. The minimum Gasteiger partial charge on any atom is -0.383 e. The lowest BCUT2D eigenvalue weighted by Crippen LogP contribution is -2.55. The highest BCUT2D eigenvalue weighted by Crippen LogP contribution is 2.24. The molecule has 4 N–H and O–H groups in total. The van der Waals surface area contributed by atoms with Gasteiger partial charge in [-0.1, -0.05) is 0 Å². The molecule has 3 heterocycles. The van der Waals surface area contributed by atoms with Crippen molar-refractivity contribution in [2.45, 2.75) is 31.6 Å². The predicted octanol–water partition coefficient (Wildman–Crippen LogP) is 0.873. The molecule has 2 unspecified atom stereocenters. The van der Waals surface area contributed by atoms with Crippen molar-refractivity contribution in [1.29, 1.82) is 0 Å². The van der Waals surface area contributed by atoms with E-state index in [1.54, 1.807) is 42.5 Å². The van der Waals surface area contributed by atoms with Gasteiger partial charge in [0, 0.05) is 42.1 Å². The molecule has 35 heavy (non-hydrogen) atoms. The van der Waals surface area contributed by atoms with Crippen molar-refractivity contribution >= 4 is 34.9 Å². The average molecular weight is 478 g/mol. The summed E-state index contributed by atoms with van der Waals surface area (Å²) < 4.78 is 5.48. The first-order valence-corrected chi connectivity index (χ1v) is 11.7. The molecule has 2 fully saturated rings. The number of aliphatic imine (C=N–C) groups is 1. The lowest BCUT2D eigenvalue weighted by atomic mass is 10.1. The molecule has 182 valence electrons. The molecule has 0 spiro atoms. The molecule has 3 aliphatic heterocycles. The first-order chi connectivity index (χ1) is 16.9. The maximum absolute atomic E-state index is 13.1. The van der Waals surface area contributed by atoms with E-state index in [1.165, 1.54) is 4.90 Å². The second kappa shape index (κ2) is 9.47. The van der Waals surface area contributed by atoms with Crippen LogP contribution in [0.25, 0.3) is 0 Å². The van der Waals surface area contributed by atoms with Crippen LogP contribution >= 0.6 is 0 Å². The molecule has 3 aliphatic rings. The van der Waals surface area contributed by atoms with E-state index in [9.17, 15) is 19.5 Å². The van der Waals surface area contributed by atoms with E-state index < -0.39 is 24.0 Å². The summed E-state index contributed by atoms with van der Waals surface area (Å²) in [5.74, 6) is -0.836. The fourth-order valence-electron chi connectivity index (χ4n) is 4.64. The molecule has 2 saturated heterocycles. The SMILES string of the molecule is NC1=NCc2cc(NC(=O)C(O)C3OCCN(c4ccc(C(=O)N5CCCC5)cc4)C3=O)ccc21. The number of carbonyl (C=O) groups is 3. The minimum absolute atomic E-state index is 0.0203. The molecule has 10 heteroatoms. The summed E-state index contributed by atoms with van der Waals surface area (Å²) in [6, 6.07) is 12.0. The summed E-state index contributed by atoms with van der Waals surface area (Å²) in [4.78, 5) is 45.8. The van der Waals surface area contributed by atoms with Gasteiger partial charge < -0.3 is 30.7 Å². The largest absolute Gasteiger partial charge is 0.383 e. The first-order valence-electron chi connectivity index (χ1n) is 11.7. The highest BCUT2D eigenvalue weighted by molar-refractivity contribution is 6.05. The third kappa shape index (κ3) is 4.50. The van der Waals surface area contributed by atoms with Crippen molar-refractivity contribution in [3.05, 3.63) is 59.2 Å². The van der Waals surface area contributed by atoms with Crippen LogP contribution < -0.4 is 16.0 Å². The van der Waals surface area contributed by atoms with Crippen LogP contribution in [0.5, 0.6) is 0 Å². The molecule has 0 aliphatic carbocycles. The number of amidine groups is 1. The standard InChI is InChI=1S/C25H27N5O5/c26-22-19-8-5-17(13-16(19)14-27-22)28-23(32)20(31)21-25(34)30(11-12-35-21)18-6-3-15(4-7-18)24(33)29-9-1-2-10-29/h3-8,13,20-21,31H,1-2,9-12,14H2,(H2,26,27)(H,28,32). The zero-order valence-electron chi connectivity index (χ0n) is 19.1. The Kier molecular flexibility index (Phi) is 6.23. The number of nitrogens with two attached hydrogens (primary N) is 1. The molecule has 2 aromatic carbocycles. The fraction of sp³-hybridized carbons (Fsp3) is 0.360. The van der Waals surface area contributed by atoms with Crippen LogP contribution in [-0.2, 0) is 20.9 Å². The zero-order valence-corrected chi connectivity index (χ0v) is 19.1. The molecule has 2 atom stereocenters. The van der Waals surface area contributed by atoms with Crippen molar-refractivity contribution in [1.82, 2.24) is 4.90 Å². The van der Waals surface area contributed by atoms with Crippen LogP contribution in [-0.4, -0.2) is 72.0 Å². The van der Waals surface area contributed by atoms with Crippen LogP contribution in [0.15, 0.2) is 47.5 Å². The minimum atomic E-state index is -1.70. The van der Waals surface area contributed by atoms with Gasteiger partial charge in [0.15, 0.2) is 12.2 Å². The van der Waals surface area contributed by atoms with E-state index in [0.29, 0.717) is 29.3 Å². The van der Waals surface area contributed by atoms with E-state index >= 15 is 0 Å². The van der Waals surface area contributed by atoms with Gasteiger partial charge in [-0.15, -0.1) is 0 Å². The Morgan fingerprint density at radius 2 is 1.86 bits per heavy atom. The molecule has 2 aromatic rings. The first kappa shape index (κ1) is 23.0. The van der Waals surface area contributed by atoms with Gasteiger partial charge in [0.05, 0.1) is 13.2 Å². The van der Waals surface area contributed by atoms with Crippen LogP contribution in [0, 0.1) is 0 Å². The predicted molar refractivity (Wildman–Crippen MR) is 129 cm³/mol. The number of aliphatic hydroxyl groups excluding tert-OH is 1. The topological polar surface area (TPSA) is 138 Å². The normalized spacial score (nSPS) is 20.4. The number of amides is 3. The third-order valence-electron chi connectivity index (χ3n) is 6.56. The van der Waals surface area contributed by atoms with Gasteiger partial charge in [-0.3, -0.25) is 19.4 Å². The number of hydrogen-bond acceptors (Lipinski definition) is 7. The number of ether oxygens (including phenoxy) is 1. The molecule has 3 amide bonds. The van der Waals surface area contributed by atoms with Crippen LogP contribution in [0.2, 0.25) is 0 Å². The van der Waals surface area contributed by atoms with Crippen LogP contribution in [0.1, 0.15) is 34.3 Å². The highest BCUT2D eigenvalue weighted by Gasteiger charge is 2.39. The summed E-state index contributed by atoms with van der Waals surface area (Å²) in [6.45, 7) is 2.38. The quantitative estimate of drug-likeness (QED) is 0.584. The second-order valence-electron chi connectivity index (χ2n) is 8.83. The van der Waals surface area contributed by atoms with Gasteiger partial charge in [-0.05, 0) is 60.9 Å². The third-order valence-corrected chi connectivity index (χ3v) is 6.56. The number of anilines is 2. The van der Waals surface area contributed by atoms with E-state index in [0.717, 1.165) is 37.1 Å². The molecule has 0 bridgehead atoms. The smallest absolute Gasteiger partial charge is 0.259 e. The number of nitrogens with zero attached hydrogens (tertiary/aromatic N) is 3. The van der Waals surface area contributed by atoms with Crippen molar-refractivity contribution in [2.75, 3.05) is 36.5 Å². The van der Waals surface area contributed by atoms with Crippen molar-refractivity contribution < 1.29 is 24.2 Å². The number of carbonyl (C=O) groups excluding carboxylic acids is 3. The fourth-order valence-corrected chi connectivity index (χ4v) is 4.64. The average Bonchev–Trinajstić information content (AvgIpc) is 3.54. The Hall–Kier alpha value is -3.76. The van der Waals surface area contributed by atoms with E-state index in [-0.39, 0.29) is 19.1 Å². The number of hydrogen-bond donors (Lipinski definition) is 3. The summed E-state index contributed by atoms with van der Waals surface area (Å²) in [5.41, 5.74) is 9.11. The Balaban J connectivity index is 1.24. The van der Waals surface area contributed by atoms with Crippen molar-refractivity contribution in [2.24, 2.45) is 10.7 Å². The molecular formula is C25H27N5O5. The lowest BCUT2D eigenvalue weighted by Gasteiger charge is -2.34. The van der Waals surface area contributed by atoms with Crippen molar-refractivity contribution in [3.8, 4) is 0 Å². The lowest BCUT2D eigenvalue weighted by molar-refractivity contribution is -0.150. The maximum Gasteiger partial charge on any atom is 0.259 e. The monoisotopic (exact) mass is 477 g/mol. The molecule has 0 saturated carbocycles. The number of benzene rings is 2. The number of aliphatic hydroxyl groups is 1. The highest BCUT2D eigenvalue weighted by atomic mass is 16.5. The number of rotatable bonds is 5. The number of likely N-dealkylation sites (tertiary alicyclic amines) is 1. The molecule has 5 rings (SSSR count). The van der Waals surface area contributed by atoms with Crippen LogP contribution in [0.3, 0.4) is 0 Å². The summed E-state index contributed by atoms with van der Waals surface area (Å²) in [7, 11) is 0. The van der Waals surface area contributed by atoms with Gasteiger partial charge in [-0.25, -0.2) is 0 Å².